The summed E-state index contributed by atoms with van der Waals surface area (Å²) in [5.41, 5.74) is 0. The SMILES string of the molecule is CCCCC(CC)COCCCN(CC(COC)OCC(O)CO)C(C)=O. The molecule has 0 rings (SSSR count). The lowest BCUT2D eigenvalue weighted by atomic mass is 10.0. The van der Waals surface area contributed by atoms with Crippen LogP contribution in [0.1, 0.15) is 52.9 Å². The topological polar surface area (TPSA) is 88.5 Å². The largest absolute Gasteiger partial charge is 0.394 e. The molecule has 0 aromatic heterocycles. The molecule has 0 aromatic carbocycles. The van der Waals surface area contributed by atoms with E-state index in [1.165, 1.54) is 26.2 Å². The Morgan fingerprint density at radius 3 is 2.44 bits per heavy atom. The maximum atomic E-state index is 11.9. The summed E-state index contributed by atoms with van der Waals surface area (Å²) in [4.78, 5) is 13.6. The number of nitrogens with zero attached hydrogens (tertiary/aromatic N) is 1. The highest BCUT2D eigenvalue weighted by molar-refractivity contribution is 5.73. The molecule has 0 heterocycles. The smallest absolute Gasteiger partial charge is 0.219 e. The number of ether oxygens (including phenoxy) is 3. The predicted octanol–water partition coefficient (Wildman–Crippen LogP) is 1.84. The summed E-state index contributed by atoms with van der Waals surface area (Å²) in [7, 11) is 1.56. The lowest BCUT2D eigenvalue weighted by Crippen LogP contribution is -2.41. The van der Waals surface area contributed by atoms with Crippen molar-refractivity contribution in [3.05, 3.63) is 0 Å². The summed E-state index contributed by atoms with van der Waals surface area (Å²) in [6, 6.07) is 0. The molecule has 0 bridgehead atoms. The molecular formula is C20H41NO6. The van der Waals surface area contributed by atoms with Crippen molar-refractivity contribution < 1.29 is 29.2 Å². The number of carbonyl (C=O) groups excluding carboxylic acids is 1. The first-order valence-corrected chi connectivity index (χ1v) is 10.2. The van der Waals surface area contributed by atoms with E-state index in [0.717, 1.165) is 19.4 Å². The molecule has 162 valence electrons. The molecular weight excluding hydrogens is 350 g/mol. The van der Waals surface area contributed by atoms with Gasteiger partial charge in [-0.1, -0.05) is 33.1 Å². The van der Waals surface area contributed by atoms with Crippen LogP contribution in [0, 0.1) is 5.92 Å². The number of rotatable bonds is 18. The molecule has 7 nitrogen and oxygen atoms in total. The van der Waals surface area contributed by atoms with E-state index in [1.807, 2.05) is 0 Å². The van der Waals surface area contributed by atoms with E-state index >= 15 is 0 Å². The number of unbranched alkanes of at least 4 members (excludes halogenated alkanes) is 1. The molecule has 7 heteroatoms. The zero-order valence-corrected chi connectivity index (χ0v) is 17.7. The van der Waals surface area contributed by atoms with Gasteiger partial charge in [0.25, 0.3) is 0 Å². The van der Waals surface area contributed by atoms with Crippen LogP contribution in [0.5, 0.6) is 0 Å². The van der Waals surface area contributed by atoms with E-state index < -0.39 is 6.10 Å². The van der Waals surface area contributed by atoms with E-state index in [4.69, 9.17) is 19.3 Å². The molecule has 2 N–H and O–H groups in total. The van der Waals surface area contributed by atoms with Gasteiger partial charge < -0.3 is 29.3 Å². The Morgan fingerprint density at radius 2 is 1.89 bits per heavy atom. The van der Waals surface area contributed by atoms with E-state index in [1.54, 1.807) is 12.0 Å². The van der Waals surface area contributed by atoms with E-state index in [2.05, 4.69) is 13.8 Å². The molecule has 0 aliphatic heterocycles. The van der Waals surface area contributed by atoms with Crippen molar-refractivity contribution in [2.45, 2.75) is 65.1 Å². The van der Waals surface area contributed by atoms with Crippen molar-refractivity contribution in [3.63, 3.8) is 0 Å². The molecule has 0 radical (unpaired) electrons. The molecule has 1 amide bonds. The minimum absolute atomic E-state index is 0.00947. The normalized spacial score (nSPS) is 14.7. The molecule has 27 heavy (non-hydrogen) atoms. The van der Waals surface area contributed by atoms with E-state index in [0.29, 0.717) is 32.2 Å². The van der Waals surface area contributed by atoms with Gasteiger partial charge in [-0.05, 0) is 18.8 Å². The molecule has 0 spiro atoms. The van der Waals surface area contributed by atoms with Gasteiger partial charge in [-0.25, -0.2) is 0 Å². The summed E-state index contributed by atoms with van der Waals surface area (Å²) >= 11 is 0. The standard InChI is InChI=1S/C20H41NO6/c1-5-7-9-18(6-2)14-26-11-8-10-21(17(3)23)12-20(16-25-4)27-15-19(24)13-22/h18-20,22,24H,5-16H2,1-4H3. The Labute approximate surface area is 165 Å². The lowest BCUT2D eigenvalue weighted by Gasteiger charge is -2.27. The maximum Gasteiger partial charge on any atom is 0.219 e. The van der Waals surface area contributed by atoms with Crippen LogP contribution in [-0.2, 0) is 19.0 Å². The summed E-state index contributed by atoms with van der Waals surface area (Å²) in [6.07, 6.45) is 4.29. The molecule has 0 aliphatic carbocycles. The molecule has 0 aliphatic rings. The van der Waals surface area contributed by atoms with Crippen LogP contribution in [0.25, 0.3) is 0 Å². The van der Waals surface area contributed by atoms with Gasteiger partial charge >= 0.3 is 0 Å². The minimum Gasteiger partial charge on any atom is -0.394 e. The number of hydrogen-bond donors (Lipinski definition) is 2. The Morgan fingerprint density at radius 1 is 1.15 bits per heavy atom. The molecule has 0 saturated heterocycles. The number of aliphatic hydroxyl groups excluding tert-OH is 2. The third-order valence-electron chi connectivity index (χ3n) is 4.57. The number of aliphatic hydroxyl groups is 2. The van der Waals surface area contributed by atoms with Crippen LogP contribution >= 0.6 is 0 Å². The predicted molar refractivity (Wildman–Crippen MR) is 106 cm³/mol. The monoisotopic (exact) mass is 391 g/mol. The van der Waals surface area contributed by atoms with E-state index in [9.17, 15) is 9.90 Å². The Bertz CT molecular complexity index is 355. The second-order valence-electron chi connectivity index (χ2n) is 7.06. The summed E-state index contributed by atoms with van der Waals surface area (Å²) < 4.78 is 16.5. The first kappa shape index (κ1) is 26.3. The highest BCUT2D eigenvalue weighted by Gasteiger charge is 2.18. The van der Waals surface area contributed by atoms with Gasteiger partial charge in [0, 0.05) is 40.3 Å². The van der Waals surface area contributed by atoms with Gasteiger partial charge in [-0.15, -0.1) is 0 Å². The lowest BCUT2D eigenvalue weighted by molar-refractivity contribution is -0.132. The fourth-order valence-corrected chi connectivity index (χ4v) is 2.77. The third-order valence-corrected chi connectivity index (χ3v) is 4.57. The molecule has 0 saturated carbocycles. The van der Waals surface area contributed by atoms with Gasteiger partial charge in [-0.3, -0.25) is 4.79 Å². The first-order valence-electron chi connectivity index (χ1n) is 10.2. The summed E-state index contributed by atoms with van der Waals surface area (Å²) in [6.45, 7) is 8.29. The van der Waals surface area contributed by atoms with Gasteiger partial charge in [0.2, 0.25) is 5.91 Å². The molecule has 3 unspecified atom stereocenters. The zero-order chi connectivity index (χ0) is 20.5. The average Bonchev–Trinajstić information content (AvgIpc) is 2.66. The van der Waals surface area contributed by atoms with Crippen LogP contribution in [0.2, 0.25) is 0 Å². The fourth-order valence-electron chi connectivity index (χ4n) is 2.77. The molecule has 3 atom stereocenters. The third kappa shape index (κ3) is 14.0. The zero-order valence-electron chi connectivity index (χ0n) is 17.7. The van der Waals surface area contributed by atoms with Crippen LogP contribution in [0.4, 0.5) is 0 Å². The second-order valence-corrected chi connectivity index (χ2v) is 7.06. The number of methoxy groups -OCH3 is 1. The Kier molecular flexibility index (Phi) is 16.9. The van der Waals surface area contributed by atoms with Crippen LogP contribution in [0.15, 0.2) is 0 Å². The maximum absolute atomic E-state index is 11.9. The Balaban J connectivity index is 4.24. The molecule has 0 fully saturated rings. The van der Waals surface area contributed by atoms with Gasteiger partial charge in [0.1, 0.15) is 6.10 Å². The quantitative estimate of drug-likeness (QED) is 0.347. The minimum atomic E-state index is -0.928. The van der Waals surface area contributed by atoms with E-state index in [-0.39, 0.29) is 25.2 Å². The van der Waals surface area contributed by atoms with Gasteiger partial charge in [-0.2, -0.15) is 0 Å². The van der Waals surface area contributed by atoms with Crippen molar-refractivity contribution in [2.75, 3.05) is 53.2 Å². The second kappa shape index (κ2) is 17.4. The number of carbonyl (C=O) groups is 1. The van der Waals surface area contributed by atoms with Gasteiger partial charge in [0.05, 0.1) is 25.9 Å². The van der Waals surface area contributed by atoms with Crippen LogP contribution in [-0.4, -0.2) is 86.5 Å². The average molecular weight is 392 g/mol. The highest BCUT2D eigenvalue weighted by atomic mass is 16.5. The Hall–Kier alpha value is -0.730. The highest BCUT2D eigenvalue weighted by Crippen LogP contribution is 2.13. The van der Waals surface area contributed by atoms with Crippen molar-refractivity contribution in [3.8, 4) is 0 Å². The van der Waals surface area contributed by atoms with Crippen molar-refractivity contribution >= 4 is 5.91 Å². The fraction of sp³-hybridized carbons (Fsp3) is 0.950. The van der Waals surface area contributed by atoms with Crippen molar-refractivity contribution in [1.29, 1.82) is 0 Å². The number of hydrogen-bond acceptors (Lipinski definition) is 6. The van der Waals surface area contributed by atoms with Gasteiger partial charge in [0.15, 0.2) is 0 Å². The van der Waals surface area contributed by atoms with Crippen molar-refractivity contribution in [1.82, 2.24) is 4.90 Å². The summed E-state index contributed by atoms with van der Waals surface area (Å²) in [5.74, 6) is 0.586. The summed E-state index contributed by atoms with van der Waals surface area (Å²) in [5, 5.41) is 18.3. The van der Waals surface area contributed by atoms with Crippen LogP contribution < -0.4 is 0 Å². The van der Waals surface area contributed by atoms with Crippen LogP contribution in [0.3, 0.4) is 0 Å². The molecule has 0 aromatic rings. The van der Waals surface area contributed by atoms with Crippen molar-refractivity contribution in [2.24, 2.45) is 5.92 Å². The number of amides is 1. The first-order chi connectivity index (χ1) is 13.0.